The third-order valence-corrected chi connectivity index (χ3v) is 4.11. The molecule has 1 N–H and O–H groups in total. The second kappa shape index (κ2) is 7.82. The zero-order valence-corrected chi connectivity index (χ0v) is 15.0. The number of anilines is 1. The van der Waals surface area contributed by atoms with Crippen molar-refractivity contribution < 1.29 is 19.1 Å². The zero-order chi connectivity index (χ0) is 19.4. The summed E-state index contributed by atoms with van der Waals surface area (Å²) in [6.45, 7) is 4.01. The Bertz CT molecular complexity index is 891. The minimum atomic E-state index is -0.799. The van der Waals surface area contributed by atoms with Gasteiger partial charge in [-0.3, -0.25) is 19.9 Å². The molecule has 0 radical (unpaired) electrons. The number of carbonyl (C=O) groups excluding carboxylic acids is 3. The Balaban J connectivity index is 1.87. The molecule has 1 fully saturated rings. The molecule has 0 spiro atoms. The van der Waals surface area contributed by atoms with E-state index in [1.165, 1.54) is 18.5 Å². The quantitative estimate of drug-likeness (QED) is 0.650. The Morgan fingerprint density at radius 1 is 1.19 bits per heavy atom. The van der Waals surface area contributed by atoms with E-state index in [1.54, 1.807) is 36.4 Å². The molecule has 0 bridgehead atoms. The lowest BCUT2D eigenvalue weighted by Gasteiger charge is -2.26. The number of amides is 4. The number of hydrogen-bond acceptors (Lipinski definition) is 5. The number of rotatable bonds is 5. The second-order valence-corrected chi connectivity index (χ2v) is 6.07. The van der Waals surface area contributed by atoms with E-state index in [1.807, 2.05) is 13.8 Å². The van der Waals surface area contributed by atoms with Gasteiger partial charge in [0.1, 0.15) is 11.3 Å². The average Bonchev–Trinajstić information content (AvgIpc) is 2.67. The van der Waals surface area contributed by atoms with Crippen molar-refractivity contribution in [3.8, 4) is 5.75 Å². The predicted octanol–water partition coefficient (Wildman–Crippen LogP) is 2.93. The van der Waals surface area contributed by atoms with Gasteiger partial charge in [0.05, 0.1) is 18.0 Å². The molecule has 1 saturated heterocycles. The van der Waals surface area contributed by atoms with Gasteiger partial charge in [0.2, 0.25) is 0 Å². The van der Waals surface area contributed by atoms with E-state index < -0.39 is 17.8 Å². The van der Waals surface area contributed by atoms with Crippen molar-refractivity contribution in [2.75, 3.05) is 4.90 Å². The zero-order valence-electron chi connectivity index (χ0n) is 15.0. The lowest BCUT2D eigenvalue weighted by atomic mass is 10.1. The predicted molar refractivity (Wildman–Crippen MR) is 100 cm³/mol. The topological polar surface area (TPSA) is 88.6 Å². The fraction of sp³-hybridized carbons (Fsp3) is 0.200. The van der Waals surface area contributed by atoms with Gasteiger partial charge in [-0.2, -0.15) is 0 Å². The van der Waals surface area contributed by atoms with Gasteiger partial charge in [0, 0.05) is 6.20 Å². The number of imide groups is 2. The van der Waals surface area contributed by atoms with Crippen molar-refractivity contribution >= 4 is 29.6 Å². The number of nitrogens with one attached hydrogen (secondary N) is 1. The molecule has 3 rings (SSSR count). The number of barbiturate groups is 1. The smallest absolute Gasteiger partial charge is 0.336 e. The number of aromatic nitrogens is 1. The first-order chi connectivity index (χ1) is 13.0. The van der Waals surface area contributed by atoms with Crippen LogP contribution in [0.25, 0.3) is 6.08 Å². The molecule has 1 aliphatic rings. The SMILES string of the molecule is CC[C@@H](C)Oc1ccc(/C=C2\C(=O)NC(=O)N(c3cccnc3)C2=O)cc1. The van der Waals surface area contributed by atoms with Crippen molar-refractivity contribution in [3.63, 3.8) is 0 Å². The normalized spacial score (nSPS) is 17.0. The summed E-state index contributed by atoms with van der Waals surface area (Å²) in [5.74, 6) is -0.722. The molecule has 0 unspecified atom stereocenters. The molecule has 7 heteroatoms. The molecule has 0 saturated carbocycles. The number of pyridine rings is 1. The number of benzene rings is 1. The van der Waals surface area contributed by atoms with E-state index >= 15 is 0 Å². The van der Waals surface area contributed by atoms with Crippen LogP contribution >= 0.6 is 0 Å². The monoisotopic (exact) mass is 365 g/mol. The Hall–Kier alpha value is -3.48. The fourth-order valence-corrected chi connectivity index (χ4v) is 2.50. The highest BCUT2D eigenvalue weighted by Gasteiger charge is 2.36. The lowest BCUT2D eigenvalue weighted by Crippen LogP contribution is -2.54. The van der Waals surface area contributed by atoms with Gasteiger partial charge in [0.15, 0.2) is 0 Å². The molecule has 2 aromatic rings. The fourth-order valence-electron chi connectivity index (χ4n) is 2.50. The molecule has 27 heavy (non-hydrogen) atoms. The highest BCUT2D eigenvalue weighted by Crippen LogP contribution is 2.22. The molecule has 4 amide bonds. The van der Waals surface area contributed by atoms with Crippen LogP contribution < -0.4 is 15.0 Å². The summed E-state index contributed by atoms with van der Waals surface area (Å²) in [5.41, 5.74) is 0.801. The first-order valence-corrected chi connectivity index (χ1v) is 8.57. The van der Waals surface area contributed by atoms with Crippen LogP contribution in [0.3, 0.4) is 0 Å². The van der Waals surface area contributed by atoms with Crippen molar-refractivity contribution in [3.05, 3.63) is 59.9 Å². The van der Waals surface area contributed by atoms with Crippen molar-refractivity contribution in [1.29, 1.82) is 0 Å². The van der Waals surface area contributed by atoms with E-state index in [9.17, 15) is 14.4 Å². The number of carbonyl (C=O) groups is 3. The van der Waals surface area contributed by atoms with E-state index in [2.05, 4.69) is 10.3 Å². The van der Waals surface area contributed by atoms with Gasteiger partial charge in [-0.1, -0.05) is 19.1 Å². The first kappa shape index (κ1) is 18.3. The maximum absolute atomic E-state index is 12.7. The Morgan fingerprint density at radius 3 is 2.56 bits per heavy atom. The average molecular weight is 365 g/mol. The van der Waals surface area contributed by atoms with E-state index in [4.69, 9.17) is 4.74 Å². The van der Waals surface area contributed by atoms with Gasteiger partial charge in [-0.25, -0.2) is 9.69 Å². The summed E-state index contributed by atoms with van der Waals surface area (Å²) >= 11 is 0. The van der Waals surface area contributed by atoms with Crippen LogP contribution in [0.15, 0.2) is 54.4 Å². The minimum absolute atomic E-state index is 0.0963. The highest BCUT2D eigenvalue weighted by atomic mass is 16.5. The van der Waals surface area contributed by atoms with Crippen LogP contribution in [-0.2, 0) is 9.59 Å². The van der Waals surface area contributed by atoms with Crippen LogP contribution in [0.1, 0.15) is 25.8 Å². The maximum atomic E-state index is 12.7. The van der Waals surface area contributed by atoms with Crippen molar-refractivity contribution in [2.24, 2.45) is 0 Å². The molecule has 2 heterocycles. The largest absolute Gasteiger partial charge is 0.491 e. The van der Waals surface area contributed by atoms with E-state index in [0.29, 0.717) is 11.3 Å². The molecule has 1 aromatic heterocycles. The van der Waals surface area contributed by atoms with Crippen molar-refractivity contribution in [1.82, 2.24) is 10.3 Å². The standard InChI is InChI=1S/C20H19N3O4/c1-3-13(2)27-16-8-6-14(7-9-16)11-17-18(24)22-20(26)23(19(17)25)15-5-4-10-21-12-15/h4-13H,3H2,1-2H3,(H,22,24,26)/b17-11+/t13-/m1/s1. The Morgan fingerprint density at radius 2 is 1.93 bits per heavy atom. The van der Waals surface area contributed by atoms with Gasteiger partial charge >= 0.3 is 6.03 Å². The summed E-state index contributed by atoms with van der Waals surface area (Å²) in [6.07, 6.45) is 5.34. The van der Waals surface area contributed by atoms with Crippen LogP contribution in [0, 0.1) is 0 Å². The Kier molecular flexibility index (Phi) is 5.30. The van der Waals surface area contributed by atoms with Crippen LogP contribution in [0.5, 0.6) is 5.75 Å². The second-order valence-electron chi connectivity index (χ2n) is 6.07. The summed E-state index contributed by atoms with van der Waals surface area (Å²) in [5, 5.41) is 2.18. The van der Waals surface area contributed by atoms with Gasteiger partial charge < -0.3 is 4.74 Å². The summed E-state index contributed by atoms with van der Waals surface area (Å²) in [7, 11) is 0. The van der Waals surface area contributed by atoms with Crippen LogP contribution in [-0.4, -0.2) is 28.9 Å². The van der Waals surface area contributed by atoms with Crippen molar-refractivity contribution in [2.45, 2.75) is 26.4 Å². The molecular formula is C20H19N3O4. The van der Waals surface area contributed by atoms with Crippen LogP contribution in [0.2, 0.25) is 0 Å². The van der Waals surface area contributed by atoms with Crippen LogP contribution in [0.4, 0.5) is 10.5 Å². The molecule has 7 nitrogen and oxygen atoms in total. The third kappa shape index (κ3) is 4.03. The maximum Gasteiger partial charge on any atom is 0.336 e. The minimum Gasteiger partial charge on any atom is -0.491 e. The number of hydrogen-bond donors (Lipinski definition) is 1. The van der Waals surface area contributed by atoms with Gasteiger partial charge in [0.25, 0.3) is 11.8 Å². The molecule has 0 aliphatic carbocycles. The molecular weight excluding hydrogens is 346 g/mol. The highest BCUT2D eigenvalue weighted by molar-refractivity contribution is 6.39. The number of urea groups is 1. The first-order valence-electron chi connectivity index (χ1n) is 8.57. The third-order valence-electron chi connectivity index (χ3n) is 4.11. The summed E-state index contributed by atoms with van der Waals surface area (Å²) < 4.78 is 5.71. The number of nitrogens with zero attached hydrogens (tertiary/aromatic N) is 2. The van der Waals surface area contributed by atoms with E-state index in [0.717, 1.165) is 11.3 Å². The molecule has 1 aromatic carbocycles. The molecule has 138 valence electrons. The van der Waals surface area contributed by atoms with Gasteiger partial charge in [-0.15, -0.1) is 0 Å². The Labute approximate surface area is 156 Å². The summed E-state index contributed by atoms with van der Waals surface area (Å²) in [4.78, 5) is 41.8. The number of ether oxygens (including phenoxy) is 1. The van der Waals surface area contributed by atoms with Gasteiger partial charge in [-0.05, 0) is 49.2 Å². The van der Waals surface area contributed by atoms with E-state index in [-0.39, 0.29) is 17.4 Å². The summed E-state index contributed by atoms with van der Waals surface area (Å²) in [6, 6.07) is 9.41. The lowest BCUT2D eigenvalue weighted by molar-refractivity contribution is -0.122. The molecule has 1 aliphatic heterocycles. The molecule has 1 atom stereocenters.